The zero-order chi connectivity index (χ0) is 56.3. The van der Waals surface area contributed by atoms with Gasteiger partial charge in [-0.1, -0.05) is 103 Å². The fourth-order valence-electron chi connectivity index (χ4n) is 12.8. The van der Waals surface area contributed by atoms with Gasteiger partial charge in [0.1, 0.15) is 0 Å². The molecule has 11 aromatic carbocycles. The second-order valence-corrected chi connectivity index (χ2v) is 22.6. The molecule has 0 radical (unpaired) electrons. The van der Waals surface area contributed by atoms with Crippen LogP contribution in [-0.2, 0) is 24.8 Å². The number of aryl methyl sites for hydroxylation is 1. The quantitative estimate of drug-likeness (QED) is 0.142. The molecule has 0 N–H and O–H groups in total. The summed E-state index contributed by atoms with van der Waals surface area (Å²) in [4.78, 5) is 7.60. The van der Waals surface area contributed by atoms with Gasteiger partial charge in [-0.25, -0.2) is 0 Å². The Balaban J connectivity index is 0.889. The van der Waals surface area contributed by atoms with Crippen LogP contribution < -0.4 is 4.74 Å². The minimum atomic E-state index is -2.46. The first-order valence-corrected chi connectivity index (χ1v) is 28.9. The monoisotopic (exact) mass is 1240 g/mol. The van der Waals surface area contributed by atoms with Crippen LogP contribution in [0.15, 0.2) is 271 Å². The molecule has 1 aliphatic carbocycles. The van der Waals surface area contributed by atoms with E-state index in [1.165, 1.54) is 32.0 Å². The number of hydrogen-bond donors (Lipinski definition) is 0. The molecule has 2 aliphatic rings. The summed E-state index contributed by atoms with van der Waals surface area (Å²) in [5.41, 5.74) is 18.0. The Kier molecular flexibility index (Phi) is 10.4. The minimum absolute atomic E-state index is 0.207. The van der Waals surface area contributed by atoms with E-state index in [0.29, 0.717) is 28.4 Å². The van der Waals surface area contributed by atoms with Gasteiger partial charge in [0.25, 0.3) is 0 Å². The summed E-state index contributed by atoms with van der Waals surface area (Å²) in [7, 11) is 0. The molecule has 0 bridgehead atoms. The van der Waals surface area contributed by atoms with Crippen molar-refractivity contribution in [3.05, 3.63) is 305 Å². The second kappa shape index (κ2) is 18.9. The van der Waals surface area contributed by atoms with Crippen LogP contribution in [-0.4, -0.2) is 18.7 Å². The Labute approximate surface area is 488 Å². The van der Waals surface area contributed by atoms with Crippen molar-refractivity contribution in [1.29, 1.82) is 0 Å². The van der Waals surface area contributed by atoms with E-state index in [4.69, 9.17) is 13.8 Å². The molecule has 81 heavy (non-hydrogen) atoms. The van der Waals surface area contributed by atoms with Crippen LogP contribution in [0.5, 0.6) is 11.5 Å². The Morgan fingerprint density at radius 1 is 0.457 bits per heavy atom. The SMILES string of the molecule is [2H]C([2H])([2H])c1cc(-n2c3[c-]c(Oc4[c-]c(-n5[c](=[Pt])n(-c6c(-c7ccccc7)cccc6-c6ccccc6)c6ccccc65)ccc4)ccc3c3cc4c(cc32)C2(c3ccccc3Sc3ccccc32)c2ccccc2-4)ncc1-c1ccccc1. The van der Waals surface area contributed by atoms with Gasteiger partial charge in [-0.2, -0.15) is 0 Å². The third-order valence-corrected chi connectivity index (χ3v) is 18.3. The number of benzene rings is 11. The van der Waals surface area contributed by atoms with Gasteiger partial charge >= 0.3 is 294 Å². The van der Waals surface area contributed by atoms with E-state index < -0.39 is 12.3 Å². The van der Waals surface area contributed by atoms with Gasteiger partial charge in [0.05, 0.1) is 5.41 Å². The number of hydrogen-bond acceptors (Lipinski definition) is 3. The maximum absolute atomic E-state index is 8.94. The topological polar surface area (TPSA) is 36.9 Å². The van der Waals surface area contributed by atoms with Crippen LogP contribution in [0.1, 0.15) is 31.9 Å². The first-order valence-electron chi connectivity index (χ1n) is 28.4. The van der Waals surface area contributed by atoms with Gasteiger partial charge in [0, 0.05) is 25.7 Å². The molecule has 0 atom stereocenters. The van der Waals surface area contributed by atoms with Crippen molar-refractivity contribution in [2.75, 3.05) is 0 Å². The van der Waals surface area contributed by atoms with Crippen molar-refractivity contribution in [3.8, 4) is 73.2 Å². The third kappa shape index (κ3) is 7.37. The summed E-state index contributed by atoms with van der Waals surface area (Å²) in [6, 6.07) is 96.1. The summed E-state index contributed by atoms with van der Waals surface area (Å²) < 4.78 is 41.4. The molecule has 0 unspecified atom stereocenters. The van der Waals surface area contributed by atoms with E-state index in [0.717, 1.165) is 81.4 Å². The number of fused-ring (bicyclic) bond motifs is 13. The van der Waals surface area contributed by atoms with Crippen molar-refractivity contribution in [1.82, 2.24) is 18.7 Å². The van der Waals surface area contributed by atoms with Gasteiger partial charge in [-0.15, -0.1) is 0 Å². The van der Waals surface area contributed by atoms with E-state index >= 15 is 0 Å². The number of para-hydroxylation sites is 3. The average molecular weight is 1240 g/mol. The number of aromatic nitrogens is 4. The number of nitrogens with zero attached hydrogens (tertiary/aromatic N) is 4. The molecule has 14 aromatic rings. The standard InChI is InChI=1S/C74H46N4OS.Pt/c1-48-41-72(75-46-61(48)51-25-9-4-10-26-51)78-68-43-54(39-40-58(68)60-44-59-57-29-11-12-32-62(57)74(65(59)45-69(60)78)63-33-13-17-37-70(63)80-71-38-18-14-34-64(71)74)79-53-28-19-27-52(42-53)76-47-77(67-36-16-15-35-66(67)76)73-55(49-21-5-2-6-22-49)30-20-31-56(73)50-23-7-3-8-24-50;/h2-41,44-46H,1H3;/q-2;/i1D3;. The molecule has 5 nitrogen and oxygen atoms in total. The number of ether oxygens (including phenoxy) is 1. The molecule has 7 heteroatoms. The molecule has 0 fully saturated rings. The molecule has 4 heterocycles. The molecule has 1 spiro atoms. The van der Waals surface area contributed by atoms with Gasteiger partial charge < -0.3 is 0 Å². The van der Waals surface area contributed by atoms with Crippen molar-refractivity contribution >= 4 is 44.6 Å². The van der Waals surface area contributed by atoms with E-state index in [9.17, 15) is 0 Å². The number of imidazole rings is 1. The first-order chi connectivity index (χ1) is 41.2. The van der Waals surface area contributed by atoms with Crippen molar-refractivity contribution in [2.24, 2.45) is 0 Å². The van der Waals surface area contributed by atoms with E-state index in [1.807, 2.05) is 60.3 Å². The first kappa shape index (κ1) is 44.5. The summed E-state index contributed by atoms with van der Waals surface area (Å²) in [5.74, 6) is 1.42. The molecule has 0 saturated carbocycles. The Morgan fingerprint density at radius 2 is 1.02 bits per heavy atom. The van der Waals surface area contributed by atoms with Gasteiger partial charge in [-0.05, 0) is 63.5 Å². The Bertz CT molecular complexity index is 4950. The molecule has 0 amide bonds. The van der Waals surface area contributed by atoms with Gasteiger partial charge in [-0.3, -0.25) is 0 Å². The molecule has 3 aromatic heterocycles. The molecule has 0 saturated heterocycles. The normalized spacial score (nSPS) is 13.6. The van der Waals surface area contributed by atoms with Crippen molar-refractivity contribution < 1.29 is 28.2 Å². The Morgan fingerprint density at radius 3 is 1.70 bits per heavy atom. The predicted octanol–water partition coefficient (Wildman–Crippen LogP) is 18.5. The molecular weight excluding hydrogens is 1190 g/mol. The average Bonchev–Trinajstić information content (AvgIpc) is 2.10. The summed E-state index contributed by atoms with van der Waals surface area (Å²) in [5, 5.41) is 1.90. The van der Waals surface area contributed by atoms with Crippen LogP contribution >= 0.6 is 11.8 Å². The zero-order valence-electron chi connectivity index (χ0n) is 46.2. The summed E-state index contributed by atoms with van der Waals surface area (Å²) in [6.07, 6.45) is 1.71. The smallest absolute Gasteiger partial charge is 0.0894 e. The van der Waals surface area contributed by atoms with Crippen LogP contribution in [0.4, 0.5) is 0 Å². The number of rotatable bonds is 8. The molecular formula is C74H46N4OPtS-2. The predicted molar refractivity (Wildman–Crippen MR) is 325 cm³/mol. The van der Waals surface area contributed by atoms with Crippen LogP contribution in [0.2, 0.25) is 0 Å². The molecule has 16 rings (SSSR count). The molecule has 1 aliphatic heterocycles. The van der Waals surface area contributed by atoms with Gasteiger partial charge in [0.15, 0.2) is 0 Å². The number of pyridine rings is 1. The van der Waals surface area contributed by atoms with Crippen molar-refractivity contribution in [3.63, 3.8) is 0 Å². The van der Waals surface area contributed by atoms with Crippen LogP contribution in [0.3, 0.4) is 0 Å². The molecule has 386 valence electrons. The van der Waals surface area contributed by atoms with E-state index in [2.05, 4.69) is 245 Å². The van der Waals surface area contributed by atoms with E-state index in [-0.39, 0.29) is 5.56 Å². The minimum Gasteiger partial charge on any atom is -0.0894 e. The maximum atomic E-state index is 8.94. The summed E-state index contributed by atoms with van der Waals surface area (Å²) in [6.45, 7) is -2.46. The second-order valence-electron chi connectivity index (χ2n) is 20.5. The fourth-order valence-corrected chi connectivity index (χ4v) is 15.0. The summed E-state index contributed by atoms with van der Waals surface area (Å²) >= 11 is 4.27. The zero-order valence-corrected chi connectivity index (χ0v) is 46.3. The van der Waals surface area contributed by atoms with Crippen LogP contribution in [0.25, 0.3) is 94.5 Å². The van der Waals surface area contributed by atoms with Gasteiger partial charge in [0.2, 0.25) is 0 Å². The van der Waals surface area contributed by atoms with Crippen LogP contribution in [0, 0.1) is 22.8 Å². The third-order valence-electron chi connectivity index (χ3n) is 16.2. The van der Waals surface area contributed by atoms with E-state index in [1.54, 1.807) is 12.3 Å². The Hall–Kier alpha value is -9.32. The fraction of sp³-hybridized carbons (Fsp3) is 0.0270. The van der Waals surface area contributed by atoms with Crippen molar-refractivity contribution in [2.45, 2.75) is 22.1 Å².